The second-order valence-electron chi connectivity index (χ2n) is 3.09. The quantitative estimate of drug-likeness (QED) is 0.450. The highest BCUT2D eigenvalue weighted by Gasteiger charge is 2.21. The van der Waals surface area contributed by atoms with Crippen molar-refractivity contribution >= 4 is 17.5 Å². The lowest BCUT2D eigenvalue weighted by molar-refractivity contribution is -0.131. The van der Waals surface area contributed by atoms with Crippen LogP contribution in [0.5, 0.6) is 0 Å². The summed E-state index contributed by atoms with van der Waals surface area (Å²) < 4.78 is 13.3. The van der Waals surface area contributed by atoms with E-state index in [0.717, 1.165) is 11.1 Å². The number of nitrogens with two attached hydrogens (primary N) is 2. The minimum atomic E-state index is -1.14. The van der Waals surface area contributed by atoms with Crippen LogP contribution in [0, 0.1) is 5.82 Å². The van der Waals surface area contributed by atoms with Crippen LogP contribution in [0.4, 0.5) is 4.39 Å². The smallest absolute Gasteiger partial charge is 0.257 e. The largest absolute Gasteiger partial charge is 0.316 e. The second-order valence-corrected chi connectivity index (χ2v) is 3.53. The number of hydrogen-bond donors (Lipinski definition) is 2. The topological polar surface area (TPSA) is 72.3 Å². The van der Waals surface area contributed by atoms with Crippen LogP contribution < -0.4 is 11.6 Å². The molecule has 0 saturated heterocycles. The Balaban J connectivity index is 3.05. The van der Waals surface area contributed by atoms with Crippen molar-refractivity contribution in [2.24, 2.45) is 11.6 Å². The molecule has 0 bridgehead atoms. The number of carbonyl (C=O) groups is 1. The van der Waals surface area contributed by atoms with Gasteiger partial charge >= 0.3 is 0 Å². The lowest BCUT2D eigenvalue weighted by Crippen LogP contribution is -2.40. The van der Waals surface area contributed by atoms with Gasteiger partial charge in [0.15, 0.2) is 0 Å². The number of benzene rings is 1. The minimum absolute atomic E-state index is 0.0322. The molecule has 4 N–H and O–H groups in total. The standard InChI is InChI=1S/C9H11ClFN3O/c1-14(13)9(15)8(12)6-4-5(10)2-3-7(6)11/h2-4,8H,12-13H2,1H3. The van der Waals surface area contributed by atoms with Gasteiger partial charge in [0.25, 0.3) is 5.91 Å². The fourth-order valence-electron chi connectivity index (χ4n) is 1.11. The average molecular weight is 232 g/mol. The molecule has 0 aliphatic heterocycles. The van der Waals surface area contributed by atoms with Gasteiger partial charge in [-0.15, -0.1) is 0 Å². The second kappa shape index (κ2) is 4.57. The van der Waals surface area contributed by atoms with Gasteiger partial charge in [-0.25, -0.2) is 10.2 Å². The third-order valence-electron chi connectivity index (χ3n) is 1.91. The van der Waals surface area contributed by atoms with Crippen molar-refractivity contribution in [3.8, 4) is 0 Å². The van der Waals surface area contributed by atoms with Crippen LogP contribution in [0.25, 0.3) is 0 Å². The van der Waals surface area contributed by atoms with Gasteiger partial charge in [-0.05, 0) is 18.2 Å². The molecule has 0 aliphatic carbocycles. The number of rotatable bonds is 2. The molecule has 0 heterocycles. The molecule has 1 aromatic carbocycles. The molecule has 1 aromatic rings. The van der Waals surface area contributed by atoms with E-state index in [9.17, 15) is 9.18 Å². The number of halogens is 2. The van der Waals surface area contributed by atoms with Crippen LogP contribution in [0.15, 0.2) is 18.2 Å². The zero-order valence-corrected chi connectivity index (χ0v) is 8.83. The fourth-order valence-corrected chi connectivity index (χ4v) is 1.29. The number of carbonyl (C=O) groups excluding carboxylic acids is 1. The molecule has 1 amide bonds. The zero-order valence-electron chi connectivity index (χ0n) is 8.08. The summed E-state index contributed by atoms with van der Waals surface area (Å²) in [4.78, 5) is 11.4. The van der Waals surface area contributed by atoms with Crippen molar-refractivity contribution in [1.82, 2.24) is 5.01 Å². The summed E-state index contributed by atoms with van der Waals surface area (Å²) in [5.41, 5.74) is 5.57. The molecule has 0 radical (unpaired) electrons. The number of nitrogens with zero attached hydrogens (tertiary/aromatic N) is 1. The van der Waals surface area contributed by atoms with Crippen LogP contribution in [-0.2, 0) is 4.79 Å². The van der Waals surface area contributed by atoms with Crippen LogP contribution in [0.2, 0.25) is 5.02 Å². The van der Waals surface area contributed by atoms with E-state index in [-0.39, 0.29) is 5.56 Å². The molecule has 1 unspecified atom stereocenters. The van der Waals surface area contributed by atoms with E-state index < -0.39 is 17.8 Å². The molecule has 0 spiro atoms. The van der Waals surface area contributed by atoms with Crippen molar-refractivity contribution in [2.45, 2.75) is 6.04 Å². The monoisotopic (exact) mass is 231 g/mol. The van der Waals surface area contributed by atoms with Gasteiger partial charge < -0.3 is 5.73 Å². The van der Waals surface area contributed by atoms with Crippen LogP contribution in [0.3, 0.4) is 0 Å². The fraction of sp³-hybridized carbons (Fsp3) is 0.222. The summed E-state index contributed by atoms with van der Waals surface area (Å²) in [5, 5.41) is 1.12. The average Bonchev–Trinajstić information content (AvgIpc) is 2.19. The summed E-state index contributed by atoms with van der Waals surface area (Å²) >= 11 is 5.67. The number of amides is 1. The normalized spacial score (nSPS) is 12.3. The first kappa shape index (κ1) is 11.9. The Labute approximate surface area is 91.6 Å². The highest BCUT2D eigenvalue weighted by atomic mass is 35.5. The molecular formula is C9H11ClFN3O. The van der Waals surface area contributed by atoms with Crippen molar-refractivity contribution in [2.75, 3.05) is 7.05 Å². The summed E-state index contributed by atoms with van der Waals surface area (Å²) in [6, 6.07) is 2.70. The van der Waals surface area contributed by atoms with Crippen molar-refractivity contribution in [1.29, 1.82) is 0 Å². The summed E-state index contributed by atoms with van der Waals surface area (Å²) in [6.45, 7) is 0. The van der Waals surface area contributed by atoms with Crippen LogP contribution in [-0.4, -0.2) is 18.0 Å². The molecule has 0 aromatic heterocycles. The Bertz CT molecular complexity index is 384. The molecule has 82 valence electrons. The molecule has 6 heteroatoms. The van der Waals surface area contributed by atoms with E-state index in [4.69, 9.17) is 23.2 Å². The van der Waals surface area contributed by atoms with Gasteiger partial charge in [-0.3, -0.25) is 9.80 Å². The molecule has 1 rings (SSSR count). The minimum Gasteiger partial charge on any atom is -0.316 e. The first-order valence-corrected chi connectivity index (χ1v) is 4.54. The van der Waals surface area contributed by atoms with Crippen LogP contribution in [0.1, 0.15) is 11.6 Å². The molecule has 0 saturated carbocycles. The van der Waals surface area contributed by atoms with Gasteiger partial charge in [0, 0.05) is 17.6 Å². The van der Waals surface area contributed by atoms with E-state index in [0.29, 0.717) is 5.02 Å². The van der Waals surface area contributed by atoms with Gasteiger partial charge in [0.1, 0.15) is 11.9 Å². The predicted octanol–water partition coefficient (Wildman–Crippen LogP) is 0.811. The lowest BCUT2D eigenvalue weighted by atomic mass is 10.1. The predicted molar refractivity (Wildman–Crippen MR) is 55.3 cm³/mol. The first-order chi connectivity index (χ1) is 6.93. The van der Waals surface area contributed by atoms with E-state index in [1.54, 1.807) is 0 Å². The number of hydrazine groups is 1. The van der Waals surface area contributed by atoms with E-state index in [1.165, 1.54) is 19.2 Å². The zero-order chi connectivity index (χ0) is 11.6. The summed E-state index contributed by atoms with van der Waals surface area (Å²) in [7, 11) is 1.34. The van der Waals surface area contributed by atoms with Crippen molar-refractivity contribution in [3.63, 3.8) is 0 Å². The molecular weight excluding hydrogens is 221 g/mol. The van der Waals surface area contributed by atoms with Gasteiger partial charge in [-0.2, -0.15) is 0 Å². The Morgan fingerprint density at radius 2 is 2.20 bits per heavy atom. The Kier molecular flexibility index (Phi) is 3.62. The highest BCUT2D eigenvalue weighted by Crippen LogP contribution is 2.20. The number of hydrogen-bond acceptors (Lipinski definition) is 3. The Morgan fingerprint density at radius 3 is 2.73 bits per heavy atom. The molecule has 1 atom stereocenters. The SMILES string of the molecule is CN(N)C(=O)C(N)c1cc(Cl)ccc1F. The molecule has 4 nitrogen and oxygen atoms in total. The molecule has 15 heavy (non-hydrogen) atoms. The molecule has 0 aliphatic rings. The number of likely N-dealkylation sites (N-methyl/N-ethyl adjacent to an activating group) is 1. The van der Waals surface area contributed by atoms with Crippen LogP contribution >= 0.6 is 11.6 Å². The molecule has 0 fully saturated rings. The lowest BCUT2D eigenvalue weighted by Gasteiger charge is -2.17. The Hall–Kier alpha value is -1.17. The van der Waals surface area contributed by atoms with Gasteiger partial charge in [-0.1, -0.05) is 11.6 Å². The van der Waals surface area contributed by atoms with Gasteiger partial charge in [0.05, 0.1) is 0 Å². The summed E-state index contributed by atoms with van der Waals surface area (Å²) in [5.74, 6) is 4.04. The van der Waals surface area contributed by atoms with Gasteiger partial charge in [0.2, 0.25) is 0 Å². The maximum atomic E-state index is 13.3. The van der Waals surface area contributed by atoms with E-state index >= 15 is 0 Å². The highest BCUT2D eigenvalue weighted by molar-refractivity contribution is 6.30. The van der Waals surface area contributed by atoms with Crippen molar-refractivity contribution in [3.05, 3.63) is 34.6 Å². The third kappa shape index (κ3) is 2.65. The maximum Gasteiger partial charge on any atom is 0.257 e. The third-order valence-corrected chi connectivity index (χ3v) is 2.14. The van der Waals surface area contributed by atoms with E-state index in [2.05, 4.69) is 0 Å². The van der Waals surface area contributed by atoms with E-state index in [1.807, 2.05) is 0 Å². The first-order valence-electron chi connectivity index (χ1n) is 4.16. The van der Waals surface area contributed by atoms with Crippen molar-refractivity contribution < 1.29 is 9.18 Å². The Morgan fingerprint density at radius 1 is 1.60 bits per heavy atom. The maximum absolute atomic E-state index is 13.3. The summed E-state index contributed by atoms with van der Waals surface area (Å²) in [6.07, 6.45) is 0.